The molecule has 2 fully saturated rings. The lowest BCUT2D eigenvalue weighted by Gasteiger charge is -2.25. The number of benzene rings is 1. The van der Waals surface area contributed by atoms with Gasteiger partial charge in [0, 0.05) is 12.0 Å². The van der Waals surface area contributed by atoms with Gasteiger partial charge in [-0.15, -0.1) is 0 Å². The van der Waals surface area contributed by atoms with E-state index in [2.05, 4.69) is 17.4 Å². The molecule has 1 aliphatic carbocycles. The predicted molar refractivity (Wildman–Crippen MR) is 95.7 cm³/mol. The number of carbonyl (C=O) groups is 1. The van der Waals surface area contributed by atoms with E-state index in [-0.39, 0.29) is 30.8 Å². The standard InChI is InChI=1S/C20H29NO4/c1-14(2)25-16-9-7-15(8-10-16)17-5-3-6-18(17)21-19(22)13-20-23-11-4-12-24-20/h7-10,14,17-18,20H,3-6,11-13H2,1-2H3,(H,21,22)/t17-,18-/m0/s1. The zero-order valence-electron chi connectivity index (χ0n) is 15.2. The molecule has 0 radical (unpaired) electrons. The minimum Gasteiger partial charge on any atom is -0.491 e. The van der Waals surface area contributed by atoms with Crippen LogP contribution in [-0.2, 0) is 14.3 Å². The molecule has 1 aromatic rings. The van der Waals surface area contributed by atoms with E-state index < -0.39 is 0 Å². The summed E-state index contributed by atoms with van der Waals surface area (Å²) in [7, 11) is 0. The summed E-state index contributed by atoms with van der Waals surface area (Å²) in [4.78, 5) is 12.3. The Balaban J connectivity index is 1.55. The van der Waals surface area contributed by atoms with Crippen LogP contribution in [0.4, 0.5) is 0 Å². The Bertz CT molecular complexity index is 551. The molecule has 1 saturated heterocycles. The minimum absolute atomic E-state index is 0.0172. The lowest BCUT2D eigenvalue weighted by atomic mass is 9.94. The second-order valence-electron chi connectivity index (χ2n) is 7.18. The molecule has 1 amide bonds. The van der Waals surface area contributed by atoms with E-state index in [1.54, 1.807) is 0 Å². The zero-order valence-corrected chi connectivity index (χ0v) is 15.2. The fourth-order valence-electron chi connectivity index (χ4n) is 3.67. The molecule has 2 aliphatic rings. The van der Waals surface area contributed by atoms with Crippen LogP contribution in [0.5, 0.6) is 5.75 Å². The Morgan fingerprint density at radius 1 is 1.16 bits per heavy atom. The highest BCUT2D eigenvalue weighted by molar-refractivity contribution is 5.76. The van der Waals surface area contributed by atoms with Gasteiger partial charge in [-0.1, -0.05) is 18.6 Å². The molecule has 1 saturated carbocycles. The maximum atomic E-state index is 12.3. The Morgan fingerprint density at radius 2 is 1.88 bits per heavy atom. The molecule has 5 nitrogen and oxygen atoms in total. The Labute approximate surface area is 150 Å². The molecular formula is C20H29NO4. The summed E-state index contributed by atoms with van der Waals surface area (Å²) >= 11 is 0. The number of carbonyl (C=O) groups excluding carboxylic acids is 1. The van der Waals surface area contributed by atoms with Gasteiger partial charge in [-0.3, -0.25) is 4.79 Å². The van der Waals surface area contributed by atoms with Gasteiger partial charge < -0.3 is 19.5 Å². The smallest absolute Gasteiger partial charge is 0.225 e. The van der Waals surface area contributed by atoms with E-state index in [0.29, 0.717) is 19.1 Å². The first-order valence-electron chi connectivity index (χ1n) is 9.41. The summed E-state index contributed by atoms with van der Waals surface area (Å²) in [5.41, 5.74) is 1.27. The largest absolute Gasteiger partial charge is 0.491 e. The molecule has 0 aromatic heterocycles. The summed E-state index contributed by atoms with van der Waals surface area (Å²) < 4.78 is 16.7. The third-order valence-electron chi connectivity index (χ3n) is 4.79. The lowest BCUT2D eigenvalue weighted by Crippen LogP contribution is -2.39. The molecule has 1 aromatic carbocycles. The second-order valence-corrected chi connectivity index (χ2v) is 7.18. The van der Waals surface area contributed by atoms with Crippen LogP contribution in [-0.4, -0.2) is 37.6 Å². The van der Waals surface area contributed by atoms with Crippen LogP contribution < -0.4 is 10.1 Å². The highest BCUT2D eigenvalue weighted by Crippen LogP contribution is 2.35. The Morgan fingerprint density at radius 3 is 2.56 bits per heavy atom. The van der Waals surface area contributed by atoms with Crippen LogP contribution >= 0.6 is 0 Å². The second kappa shape index (κ2) is 8.68. The molecule has 0 unspecified atom stereocenters. The molecule has 3 rings (SSSR count). The number of hydrogen-bond acceptors (Lipinski definition) is 4. The fourth-order valence-corrected chi connectivity index (χ4v) is 3.67. The van der Waals surface area contributed by atoms with Crippen LogP contribution in [0.3, 0.4) is 0 Å². The Hall–Kier alpha value is -1.59. The van der Waals surface area contributed by atoms with Crippen molar-refractivity contribution >= 4 is 5.91 Å². The molecule has 25 heavy (non-hydrogen) atoms. The van der Waals surface area contributed by atoms with Crippen LogP contribution in [0, 0.1) is 0 Å². The van der Waals surface area contributed by atoms with E-state index in [0.717, 1.165) is 31.4 Å². The van der Waals surface area contributed by atoms with Gasteiger partial charge in [0.15, 0.2) is 6.29 Å². The van der Waals surface area contributed by atoms with Crippen LogP contribution in [0.15, 0.2) is 24.3 Å². The van der Waals surface area contributed by atoms with Gasteiger partial charge in [-0.2, -0.15) is 0 Å². The van der Waals surface area contributed by atoms with Crippen molar-refractivity contribution in [3.05, 3.63) is 29.8 Å². The van der Waals surface area contributed by atoms with Gasteiger partial charge in [-0.05, 0) is 50.8 Å². The Kier molecular flexibility index (Phi) is 6.32. The number of hydrogen-bond donors (Lipinski definition) is 1. The van der Waals surface area contributed by atoms with E-state index >= 15 is 0 Å². The van der Waals surface area contributed by atoms with E-state index in [4.69, 9.17) is 14.2 Å². The number of amides is 1. The molecule has 138 valence electrons. The topological polar surface area (TPSA) is 56.8 Å². The molecule has 1 heterocycles. The van der Waals surface area contributed by atoms with Crippen molar-refractivity contribution in [3.8, 4) is 5.75 Å². The minimum atomic E-state index is -0.388. The van der Waals surface area contributed by atoms with Crippen molar-refractivity contribution in [1.82, 2.24) is 5.32 Å². The van der Waals surface area contributed by atoms with Gasteiger partial charge in [0.1, 0.15) is 5.75 Å². The van der Waals surface area contributed by atoms with Gasteiger partial charge in [0.05, 0.1) is 25.7 Å². The highest BCUT2D eigenvalue weighted by atomic mass is 16.7. The summed E-state index contributed by atoms with van der Waals surface area (Å²) in [5, 5.41) is 3.19. The quantitative estimate of drug-likeness (QED) is 0.857. The lowest BCUT2D eigenvalue weighted by molar-refractivity contribution is -0.184. The van der Waals surface area contributed by atoms with Gasteiger partial charge in [0.2, 0.25) is 5.91 Å². The van der Waals surface area contributed by atoms with Gasteiger partial charge in [0.25, 0.3) is 0 Å². The maximum Gasteiger partial charge on any atom is 0.225 e. The molecule has 1 N–H and O–H groups in total. The summed E-state index contributed by atoms with van der Waals surface area (Å²) in [6.45, 7) is 5.40. The third kappa shape index (κ3) is 5.19. The monoisotopic (exact) mass is 347 g/mol. The van der Waals surface area contributed by atoms with Gasteiger partial charge >= 0.3 is 0 Å². The van der Waals surface area contributed by atoms with E-state index in [1.807, 2.05) is 26.0 Å². The van der Waals surface area contributed by atoms with Crippen molar-refractivity contribution in [2.45, 2.75) is 70.3 Å². The van der Waals surface area contributed by atoms with Crippen molar-refractivity contribution < 1.29 is 19.0 Å². The first-order chi connectivity index (χ1) is 12.1. The van der Waals surface area contributed by atoms with Crippen LogP contribution in [0.2, 0.25) is 0 Å². The third-order valence-corrected chi connectivity index (χ3v) is 4.79. The SMILES string of the molecule is CC(C)Oc1ccc([C@@H]2CCC[C@@H]2NC(=O)CC2OCCCO2)cc1. The highest BCUT2D eigenvalue weighted by Gasteiger charge is 2.30. The van der Waals surface area contributed by atoms with E-state index in [1.165, 1.54) is 5.56 Å². The zero-order chi connectivity index (χ0) is 17.6. The van der Waals surface area contributed by atoms with Gasteiger partial charge in [-0.25, -0.2) is 0 Å². The average molecular weight is 347 g/mol. The fraction of sp³-hybridized carbons (Fsp3) is 0.650. The molecule has 1 aliphatic heterocycles. The summed E-state index contributed by atoms with van der Waals surface area (Å²) in [6.07, 6.45) is 4.23. The first kappa shape index (κ1) is 18.2. The normalized spacial score (nSPS) is 24.4. The van der Waals surface area contributed by atoms with E-state index in [9.17, 15) is 4.79 Å². The maximum absolute atomic E-state index is 12.3. The van der Waals surface area contributed by atoms with Crippen molar-refractivity contribution in [1.29, 1.82) is 0 Å². The molecule has 0 spiro atoms. The average Bonchev–Trinajstić information content (AvgIpc) is 3.04. The van der Waals surface area contributed by atoms with Crippen molar-refractivity contribution in [3.63, 3.8) is 0 Å². The number of rotatable bonds is 6. The van der Waals surface area contributed by atoms with Crippen molar-refractivity contribution in [2.75, 3.05) is 13.2 Å². The summed E-state index contributed by atoms with van der Waals surface area (Å²) in [6, 6.07) is 8.49. The number of nitrogens with one attached hydrogen (secondary N) is 1. The molecule has 5 heteroatoms. The molecule has 2 atom stereocenters. The number of ether oxygens (including phenoxy) is 3. The van der Waals surface area contributed by atoms with Crippen molar-refractivity contribution in [2.24, 2.45) is 0 Å². The van der Waals surface area contributed by atoms with Crippen LogP contribution in [0.25, 0.3) is 0 Å². The molecule has 0 bridgehead atoms. The van der Waals surface area contributed by atoms with Crippen LogP contribution in [0.1, 0.15) is 57.4 Å². The predicted octanol–water partition coefficient (Wildman–Crippen LogP) is 3.38. The summed E-state index contributed by atoms with van der Waals surface area (Å²) in [5.74, 6) is 1.28. The molecular weight excluding hydrogens is 318 g/mol. The first-order valence-corrected chi connectivity index (χ1v) is 9.41.